The standard InChI is InChI=1S/2H2O2.O2.2H2O/c3*1-2;;/h2*1-2H;;2*1H2. The highest BCUT2D eigenvalue weighted by atomic mass is 17.0. The van der Waals surface area contributed by atoms with E-state index in [1.165, 1.54) is 0 Å². The summed E-state index contributed by atoms with van der Waals surface area (Å²) < 4.78 is 0. The zero-order valence-electron chi connectivity index (χ0n) is 3.61. The number of rotatable bonds is 0. The summed E-state index contributed by atoms with van der Waals surface area (Å²) in [7, 11) is 0. The lowest BCUT2D eigenvalue weighted by Crippen LogP contribution is -1.29. The molecule has 0 aromatic heterocycles. The van der Waals surface area contributed by atoms with Gasteiger partial charge >= 0.3 is 0 Å². The van der Waals surface area contributed by atoms with Gasteiger partial charge in [-0.2, -0.15) is 0 Å². The van der Waals surface area contributed by atoms with Gasteiger partial charge in [0, 0.05) is 9.93 Å². The third-order valence-corrected chi connectivity index (χ3v) is 0. The van der Waals surface area contributed by atoms with Crippen molar-refractivity contribution in [2.24, 2.45) is 0 Å². The van der Waals surface area contributed by atoms with Crippen LogP contribution in [0.25, 0.3) is 0 Å². The zero-order valence-corrected chi connectivity index (χ0v) is 3.61. The molecule has 8 N–H and O–H groups in total. The maximum Gasteiger partial charge on any atom is 0 e. The summed E-state index contributed by atoms with van der Waals surface area (Å²) in [5.41, 5.74) is 0. The second kappa shape index (κ2) is 446. The van der Waals surface area contributed by atoms with Gasteiger partial charge in [0.15, 0.2) is 0 Å². The van der Waals surface area contributed by atoms with Crippen LogP contribution in [0.5, 0.6) is 0 Å². The molecule has 8 heteroatoms. The van der Waals surface area contributed by atoms with Crippen LogP contribution in [0.1, 0.15) is 0 Å². The highest BCUT2D eigenvalue weighted by molar-refractivity contribution is 4.07. The Morgan fingerprint density at radius 3 is 0.625 bits per heavy atom. The average Bonchev–Trinajstić information content (AvgIpc) is 1.81. The van der Waals surface area contributed by atoms with Gasteiger partial charge in [0.05, 0.1) is 0 Å². The van der Waals surface area contributed by atoms with Gasteiger partial charge in [-0.05, 0) is 0 Å². The zero-order chi connectivity index (χ0) is 6.00. The molecular formula is H8O8. The van der Waals surface area contributed by atoms with Gasteiger partial charge in [0.1, 0.15) is 0 Å². The molecule has 0 fully saturated rings. The highest BCUT2D eigenvalue weighted by Gasteiger charge is 0.748. The molecule has 0 aromatic carbocycles. The van der Waals surface area contributed by atoms with Gasteiger partial charge in [-0.1, -0.05) is 0 Å². The first-order chi connectivity index (χ1) is 3.00. The van der Waals surface area contributed by atoms with Crippen LogP contribution in [0.2, 0.25) is 0 Å². The van der Waals surface area contributed by atoms with Crippen molar-refractivity contribution in [3.05, 3.63) is 9.93 Å². The lowest BCUT2D eigenvalue weighted by Gasteiger charge is -1.25. The Labute approximate surface area is 43.3 Å². The van der Waals surface area contributed by atoms with Gasteiger partial charge in [-0.3, -0.25) is 21.0 Å². The molecule has 0 heterocycles. The molecule has 0 amide bonds. The summed E-state index contributed by atoms with van der Waals surface area (Å²) in [6.45, 7) is 0. The summed E-state index contributed by atoms with van der Waals surface area (Å²) in [5, 5.41) is 24.0. The molecule has 0 aliphatic carbocycles. The van der Waals surface area contributed by atoms with Gasteiger partial charge < -0.3 is 11.0 Å². The van der Waals surface area contributed by atoms with Crippen molar-refractivity contribution in [2.45, 2.75) is 0 Å². The van der Waals surface area contributed by atoms with Crippen molar-refractivity contribution < 1.29 is 32.0 Å². The first-order valence-electron chi connectivity index (χ1n) is 0.567. The van der Waals surface area contributed by atoms with Crippen LogP contribution in [0.4, 0.5) is 0 Å². The Bertz CT molecular complexity index is 0. The van der Waals surface area contributed by atoms with E-state index in [0.717, 1.165) is 0 Å². The normalized spacial score (nSPS) is 2.00. The Morgan fingerprint density at radius 1 is 0.625 bits per heavy atom. The Kier molecular flexibility index (Phi) is 2980. The molecule has 0 saturated carbocycles. The first kappa shape index (κ1) is 53.5. The molecule has 0 bridgehead atoms. The fourth-order valence-electron chi connectivity index (χ4n) is 0. The van der Waals surface area contributed by atoms with Crippen LogP contribution in [-0.4, -0.2) is 32.0 Å². The van der Waals surface area contributed by atoms with Crippen molar-refractivity contribution >= 4 is 0 Å². The maximum atomic E-state index is 7.00. The Balaban J connectivity index is -0.00000000500. The van der Waals surface area contributed by atoms with Gasteiger partial charge in [0.2, 0.25) is 0 Å². The summed E-state index contributed by atoms with van der Waals surface area (Å²) in [4.78, 5) is 14.0. The molecule has 0 saturated heterocycles. The molecule has 8 heavy (non-hydrogen) atoms. The lowest BCUT2D eigenvalue weighted by atomic mass is 15.0. The van der Waals surface area contributed by atoms with E-state index >= 15 is 0 Å². The van der Waals surface area contributed by atoms with Crippen LogP contribution < -0.4 is 0 Å². The van der Waals surface area contributed by atoms with Crippen molar-refractivity contribution in [1.29, 1.82) is 0 Å². The second-order valence-corrected chi connectivity index (χ2v) is 0. The van der Waals surface area contributed by atoms with E-state index in [9.17, 15) is 0 Å². The van der Waals surface area contributed by atoms with Crippen molar-refractivity contribution in [1.82, 2.24) is 0 Å². The van der Waals surface area contributed by atoms with Crippen LogP contribution >= 0.6 is 0 Å². The molecular weight excluding hydrogens is 128 g/mol. The molecule has 0 rings (SSSR count). The molecule has 56 valence electrons. The van der Waals surface area contributed by atoms with Crippen molar-refractivity contribution in [3.8, 4) is 0 Å². The fraction of sp³-hybridized carbons (Fsp3) is 0. The third kappa shape index (κ3) is 249. The minimum Gasteiger partial charge on any atom is -0.412 e. The SMILES string of the molecule is O.O.O=O.OO.OO. The lowest BCUT2D eigenvalue weighted by molar-refractivity contribution is -0.176. The minimum atomic E-state index is 0. The maximum absolute atomic E-state index is 7.00. The van der Waals surface area contributed by atoms with E-state index in [2.05, 4.69) is 0 Å². The fourth-order valence-corrected chi connectivity index (χ4v) is 0. The van der Waals surface area contributed by atoms with Crippen molar-refractivity contribution in [2.75, 3.05) is 0 Å². The number of hydrogen-bond donors (Lipinski definition) is 4. The molecule has 0 aromatic rings. The molecule has 0 atom stereocenters. The van der Waals surface area contributed by atoms with Gasteiger partial charge in [-0.25, -0.2) is 0 Å². The van der Waals surface area contributed by atoms with E-state index in [1.807, 2.05) is 0 Å². The molecule has 0 radical (unpaired) electrons. The summed E-state index contributed by atoms with van der Waals surface area (Å²) in [6, 6.07) is 0. The molecule has 0 unspecified atom stereocenters. The Morgan fingerprint density at radius 2 is 0.625 bits per heavy atom. The molecule has 0 aliphatic rings. The molecule has 0 spiro atoms. The van der Waals surface area contributed by atoms with Crippen LogP contribution in [-0.2, 0) is 0 Å². The van der Waals surface area contributed by atoms with E-state index < -0.39 is 0 Å². The second-order valence-electron chi connectivity index (χ2n) is 0. The van der Waals surface area contributed by atoms with Crippen LogP contribution in [0, 0.1) is 9.93 Å². The molecule has 8 nitrogen and oxygen atoms in total. The van der Waals surface area contributed by atoms with E-state index in [0.29, 0.717) is 0 Å². The summed E-state index contributed by atoms with van der Waals surface area (Å²) >= 11 is 0. The van der Waals surface area contributed by atoms with Crippen LogP contribution in [0.3, 0.4) is 0 Å². The van der Waals surface area contributed by atoms with Gasteiger partial charge in [0.25, 0.3) is 0 Å². The highest BCUT2D eigenvalue weighted by Crippen LogP contribution is 0.741. The smallest absolute Gasteiger partial charge is 0 e. The van der Waals surface area contributed by atoms with Crippen molar-refractivity contribution in [3.63, 3.8) is 0 Å². The van der Waals surface area contributed by atoms with E-state index in [-0.39, 0.29) is 11.0 Å². The van der Waals surface area contributed by atoms with Gasteiger partial charge in [-0.15, -0.1) is 0 Å². The largest absolute Gasteiger partial charge is 0.412 e. The Hall–Kier alpha value is -0.640. The van der Waals surface area contributed by atoms with E-state index in [1.54, 1.807) is 0 Å². The first-order valence-corrected chi connectivity index (χ1v) is 0.567. The topological polar surface area (TPSA) is 178 Å². The number of hydrogen-bond acceptors (Lipinski definition) is 6. The monoisotopic (exact) mass is 136 g/mol. The quantitative estimate of drug-likeness (QED) is 0.231. The predicted molar refractivity (Wildman–Crippen MR) is 24.5 cm³/mol. The molecule has 0 aliphatic heterocycles. The summed E-state index contributed by atoms with van der Waals surface area (Å²) in [6.07, 6.45) is 0. The summed E-state index contributed by atoms with van der Waals surface area (Å²) in [5.74, 6) is 0. The third-order valence-electron chi connectivity index (χ3n) is 0. The van der Waals surface area contributed by atoms with E-state index in [4.69, 9.17) is 31.0 Å². The average molecular weight is 136 g/mol. The van der Waals surface area contributed by atoms with Crippen LogP contribution in [0.15, 0.2) is 0 Å². The predicted octanol–water partition coefficient (Wildman–Crippen LogP) is -1.55. The minimum absolute atomic E-state index is 0.